The second-order valence-electron chi connectivity index (χ2n) is 4.54. The summed E-state index contributed by atoms with van der Waals surface area (Å²) < 4.78 is 40.9. The number of alkyl halides is 3. The number of amides is 1. The van der Waals surface area contributed by atoms with E-state index in [1.54, 1.807) is 5.32 Å². The highest BCUT2D eigenvalue weighted by atomic mass is 19.4. The summed E-state index contributed by atoms with van der Waals surface area (Å²) in [6, 6.07) is -0.136. The quantitative estimate of drug-likeness (QED) is 0.756. The fourth-order valence-corrected chi connectivity index (χ4v) is 1.94. The SMILES string of the molecule is NC1CCCCCC1OCC(=O)NCC(F)(F)F. The van der Waals surface area contributed by atoms with Gasteiger partial charge in [0.15, 0.2) is 0 Å². The molecular formula is C11H19F3N2O2. The van der Waals surface area contributed by atoms with Gasteiger partial charge in [0.2, 0.25) is 5.91 Å². The maximum Gasteiger partial charge on any atom is 0.405 e. The summed E-state index contributed by atoms with van der Waals surface area (Å²) in [7, 11) is 0. The van der Waals surface area contributed by atoms with E-state index in [1.165, 1.54) is 0 Å². The Labute approximate surface area is 104 Å². The van der Waals surface area contributed by atoms with Crippen LogP contribution < -0.4 is 11.1 Å². The van der Waals surface area contributed by atoms with Crippen molar-refractivity contribution < 1.29 is 22.7 Å². The molecule has 1 aliphatic carbocycles. The molecule has 0 radical (unpaired) electrons. The van der Waals surface area contributed by atoms with E-state index >= 15 is 0 Å². The van der Waals surface area contributed by atoms with E-state index in [0.29, 0.717) is 0 Å². The third-order valence-electron chi connectivity index (χ3n) is 2.92. The van der Waals surface area contributed by atoms with Crippen LogP contribution in [0.3, 0.4) is 0 Å². The van der Waals surface area contributed by atoms with Crippen LogP contribution in [-0.2, 0) is 9.53 Å². The van der Waals surface area contributed by atoms with E-state index < -0.39 is 18.6 Å². The highest BCUT2D eigenvalue weighted by Crippen LogP contribution is 2.19. The Bertz CT molecular complexity index is 272. The number of nitrogens with one attached hydrogen (secondary N) is 1. The zero-order valence-corrected chi connectivity index (χ0v) is 10.1. The van der Waals surface area contributed by atoms with Crippen molar-refractivity contribution in [2.75, 3.05) is 13.2 Å². The second-order valence-corrected chi connectivity index (χ2v) is 4.54. The van der Waals surface area contributed by atoms with Crippen LogP contribution in [0.2, 0.25) is 0 Å². The van der Waals surface area contributed by atoms with Gasteiger partial charge in [-0.1, -0.05) is 19.3 Å². The smallest absolute Gasteiger partial charge is 0.367 e. The van der Waals surface area contributed by atoms with Crippen LogP contribution in [0.15, 0.2) is 0 Å². The summed E-state index contributed by atoms with van der Waals surface area (Å²) in [5, 5.41) is 1.76. The first-order valence-corrected chi connectivity index (χ1v) is 6.09. The summed E-state index contributed by atoms with van der Waals surface area (Å²) >= 11 is 0. The Morgan fingerprint density at radius 2 is 1.94 bits per heavy atom. The number of hydrogen-bond donors (Lipinski definition) is 2. The topological polar surface area (TPSA) is 64.3 Å². The zero-order valence-electron chi connectivity index (χ0n) is 10.1. The Morgan fingerprint density at radius 1 is 1.28 bits per heavy atom. The van der Waals surface area contributed by atoms with Gasteiger partial charge in [0.05, 0.1) is 6.10 Å². The first-order chi connectivity index (χ1) is 8.38. The molecule has 2 unspecified atom stereocenters. The zero-order chi connectivity index (χ0) is 13.6. The fraction of sp³-hybridized carbons (Fsp3) is 0.909. The lowest BCUT2D eigenvalue weighted by molar-refractivity contribution is -0.142. The van der Waals surface area contributed by atoms with Crippen molar-refractivity contribution in [3.8, 4) is 0 Å². The average molecular weight is 268 g/mol. The van der Waals surface area contributed by atoms with Crippen LogP contribution in [0.4, 0.5) is 13.2 Å². The van der Waals surface area contributed by atoms with E-state index in [2.05, 4.69) is 0 Å². The molecule has 0 saturated heterocycles. The highest BCUT2D eigenvalue weighted by molar-refractivity contribution is 5.77. The number of hydrogen-bond acceptors (Lipinski definition) is 3. The first-order valence-electron chi connectivity index (χ1n) is 6.09. The number of halogens is 3. The summed E-state index contributed by atoms with van der Waals surface area (Å²) in [5.74, 6) is -0.760. The molecule has 1 fully saturated rings. The van der Waals surface area contributed by atoms with Crippen LogP contribution in [0.5, 0.6) is 0 Å². The van der Waals surface area contributed by atoms with E-state index in [0.717, 1.165) is 32.1 Å². The van der Waals surface area contributed by atoms with Crippen molar-refractivity contribution in [3.05, 3.63) is 0 Å². The summed E-state index contributed by atoms with van der Waals surface area (Å²) in [6.45, 7) is -1.69. The fourth-order valence-electron chi connectivity index (χ4n) is 1.94. The minimum atomic E-state index is -4.39. The average Bonchev–Trinajstić information content (AvgIpc) is 2.48. The molecule has 0 bridgehead atoms. The van der Waals surface area contributed by atoms with Crippen molar-refractivity contribution >= 4 is 5.91 Å². The van der Waals surface area contributed by atoms with Crippen molar-refractivity contribution in [3.63, 3.8) is 0 Å². The molecular weight excluding hydrogens is 249 g/mol. The second kappa shape index (κ2) is 6.94. The van der Waals surface area contributed by atoms with Crippen LogP contribution in [0, 0.1) is 0 Å². The molecule has 1 aliphatic rings. The van der Waals surface area contributed by atoms with Gasteiger partial charge in [-0.15, -0.1) is 0 Å². The number of ether oxygens (including phenoxy) is 1. The molecule has 0 aromatic rings. The molecule has 18 heavy (non-hydrogen) atoms. The number of nitrogens with two attached hydrogens (primary N) is 1. The summed E-state index contributed by atoms with van der Waals surface area (Å²) in [4.78, 5) is 11.1. The van der Waals surface area contributed by atoms with Crippen molar-refractivity contribution in [1.29, 1.82) is 0 Å². The van der Waals surface area contributed by atoms with Gasteiger partial charge in [-0.25, -0.2) is 0 Å². The van der Waals surface area contributed by atoms with Gasteiger partial charge in [0.25, 0.3) is 0 Å². The largest absolute Gasteiger partial charge is 0.405 e. The third-order valence-corrected chi connectivity index (χ3v) is 2.92. The predicted octanol–water partition coefficient (Wildman–Crippen LogP) is 1.34. The standard InChI is InChI=1S/C11H19F3N2O2/c12-11(13,14)7-16-10(17)6-18-9-5-3-1-2-4-8(9)15/h8-9H,1-7,15H2,(H,16,17). The number of carbonyl (C=O) groups excluding carboxylic acids is 1. The normalized spacial score (nSPS) is 25.6. The van der Waals surface area contributed by atoms with Crippen LogP contribution in [-0.4, -0.2) is 37.4 Å². The number of carbonyl (C=O) groups is 1. The summed E-state index contributed by atoms with van der Waals surface area (Å²) in [5.41, 5.74) is 5.87. The van der Waals surface area contributed by atoms with Gasteiger partial charge in [0, 0.05) is 6.04 Å². The maximum atomic E-state index is 11.9. The predicted molar refractivity (Wildman–Crippen MR) is 59.9 cm³/mol. The van der Waals surface area contributed by atoms with Gasteiger partial charge in [-0.2, -0.15) is 13.2 Å². The van der Waals surface area contributed by atoms with Gasteiger partial charge < -0.3 is 15.8 Å². The monoisotopic (exact) mass is 268 g/mol. The van der Waals surface area contributed by atoms with Crippen molar-refractivity contribution in [2.24, 2.45) is 5.73 Å². The van der Waals surface area contributed by atoms with E-state index in [4.69, 9.17) is 10.5 Å². The van der Waals surface area contributed by atoms with Gasteiger partial charge in [-0.3, -0.25) is 4.79 Å². The Morgan fingerprint density at radius 3 is 2.61 bits per heavy atom. The maximum absolute atomic E-state index is 11.9. The molecule has 0 aliphatic heterocycles. The van der Waals surface area contributed by atoms with Crippen LogP contribution in [0.1, 0.15) is 32.1 Å². The molecule has 7 heteroatoms. The Hall–Kier alpha value is -0.820. The molecule has 106 valence electrons. The van der Waals surface area contributed by atoms with E-state index in [-0.39, 0.29) is 18.8 Å². The van der Waals surface area contributed by atoms with Crippen molar-refractivity contribution in [2.45, 2.75) is 50.4 Å². The van der Waals surface area contributed by atoms with Gasteiger partial charge >= 0.3 is 6.18 Å². The molecule has 0 heterocycles. The molecule has 0 aromatic carbocycles. The minimum absolute atomic E-state index is 0.136. The molecule has 1 saturated carbocycles. The van der Waals surface area contributed by atoms with Gasteiger partial charge in [0.1, 0.15) is 13.2 Å². The molecule has 1 amide bonds. The van der Waals surface area contributed by atoms with Crippen LogP contribution >= 0.6 is 0 Å². The van der Waals surface area contributed by atoms with E-state index in [9.17, 15) is 18.0 Å². The first kappa shape index (κ1) is 15.2. The third kappa shape index (κ3) is 6.20. The number of rotatable bonds is 4. The molecule has 3 N–H and O–H groups in total. The lowest BCUT2D eigenvalue weighted by Gasteiger charge is -2.21. The van der Waals surface area contributed by atoms with E-state index in [1.807, 2.05) is 0 Å². The van der Waals surface area contributed by atoms with Gasteiger partial charge in [-0.05, 0) is 12.8 Å². The molecule has 4 nitrogen and oxygen atoms in total. The molecule has 1 rings (SSSR count). The molecule has 0 spiro atoms. The van der Waals surface area contributed by atoms with Crippen LogP contribution in [0.25, 0.3) is 0 Å². The lowest BCUT2D eigenvalue weighted by Crippen LogP contribution is -2.40. The van der Waals surface area contributed by atoms with Crippen molar-refractivity contribution in [1.82, 2.24) is 5.32 Å². The molecule has 2 atom stereocenters. The Balaban J connectivity index is 2.24. The lowest BCUT2D eigenvalue weighted by atomic mass is 10.1. The molecule has 0 aromatic heterocycles. The summed E-state index contributed by atoms with van der Waals surface area (Å²) in [6.07, 6.45) is 0.0401. The Kier molecular flexibility index (Phi) is 5.87. The highest BCUT2D eigenvalue weighted by Gasteiger charge is 2.28. The minimum Gasteiger partial charge on any atom is -0.367 e.